The molecule has 0 fully saturated rings. The number of hydrogen-bond acceptors (Lipinski definition) is 2. The highest BCUT2D eigenvalue weighted by molar-refractivity contribution is 4.84. The maximum atomic E-state index is 3.86. The second kappa shape index (κ2) is 8.57. The van der Waals surface area contributed by atoms with Crippen LogP contribution >= 0.6 is 0 Å². The summed E-state index contributed by atoms with van der Waals surface area (Å²) in [5, 5.41) is 3.31. The molecule has 0 aliphatic heterocycles. The lowest BCUT2D eigenvalue weighted by atomic mass is 9.97. The Morgan fingerprint density at radius 3 is 2.24 bits per heavy atom. The number of nitrogens with one attached hydrogen (secondary N) is 1. The van der Waals surface area contributed by atoms with Crippen LogP contribution in [0.25, 0.3) is 0 Å². The maximum absolute atomic E-state index is 3.86. The summed E-state index contributed by atoms with van der Waals surface area (Å²) in [7, 11) is 2.25. The Bertz CT molecular complexity index is 209. The van der Waals surface area contributed by atoms with Crippen LogP contribution in [0.5, 0.6) is 0 Å². The molecule has 0 aromatic rings. The van der Waals surface area contributed by atoms with Crippen LogP contribution in [0.2, 0.25) is 0 Å². The Kier molecular flexibility index (Phi) is 8.32. The summed E-state index contributed by atoms with van der Waals surface area (Å²) in [5.41, 5.74) is 1.07. The lowest BCUT2D eigenvalue weighted by Gasteiger charge is -2.32. The van der Waals surface area contributed by atoms with Gasteiger partial charge in [-0.2, -0.15) is 0 Å². The first-order valence-electron chi connectivity index (χ1n) is 6.95. The van der Waals surface area contributed by atoms with E-state index >= 15 is 0 Å². The van der Waals surface area contributed by atoms with Crippen molar-refractivity contribution in [3.05, 3.63) is 12.3 Å². The molecule has 0 bridgehead atoms. The van der Waals surface area contributed by atoms with E-state index in [4.69, 9.17) is 0 Å². The predicted molar refractivity (Wildman–Crippen MR) is 78.2 cm³/mol. The van der Waals surface area contributed by atoms with Gasteiger partial charge in [0.2, 0.25) is 0 Å². The van der Waals surface area contributed by atoms with Crippen LogP contribution in [0.3, 0.4) is 0 Å². The molecule has 1 atom stereocenters. The molecule has 2 nitrogen and oxygen atoms in total. The molecular formula is C15H32N2. The van der Waals surface area contributed by atoms with E-state index in [9.17, 15) is 0 Å². The average molecular weight is 240 g/mol. The molecule has 0 saturated heterocycles. The maximum Gasteiger partial charge on any atom is 0.0144 e. The highest BCUT2D eigenvalue weighted by atomic mass is 15.1. The first-order valence-corrected chi connectivity index (χ1v) is 6.95. The van der Waals surface area contributed by atoms with Crippen molar-refractivity contribution < 1.29 is 0 Å². The summed E-state index contributed by atoms with van der Waals surface area (Å²) in [4.78, 5) is 2.51. The van der Waals surface area contributed by atoms with Crippen molar-refractivity contribution in [3.8, 4) is 0 Å². The first kappa shape index (κ1) is 16.5. The fraction of sp³-hybridized carbons (Fsp3) is 0.867. The minimum Gasteiger partial charge on any atom is -0.389 e. The normalized spacial score (nSPS) is 13.5. The number of hydrogen-bond donors (Lipinski definition) is 1. The monoisotopic (exact) mass is 240 g/mol. The van der Waals surface area contributed by atoms with Gasteiger partial charge in [-0.3, -0.25) is 0 Å². The molecular weight excluding hydrogens is 208 g/mol. The fourth-order valence-electron chi connectivity index (χ4n) is 2.09. The van der Waals surface area contributed by atoms with E-state index in [0.717, 1.165) is 18.2 Å². The quantitative estimate of drug-likeness (QED) is 0.619. The Hall–Kier alpha value is -0.500. The Labute approximate surface area is 108 Å². The van der Waals surface area contributed by atoms with E-state index in [1.54, 1.807) is 0 Å². The SMILES string of the molecule is C=C(C)NCCC[C@@H](CC(C)C)N(C)C(C)C. The van der Waals surface area contributed by atoms with Crippen LogP contribution < -0.4 is 5.32 Å². The molecule has 0 radical (unpaired) electrons. The highest BCUT2D eigenvalue weighted by Gasteiger charge is 2.17. The van der Waals surface area contributed by atoms with Crippen molar-refractivity contribution in [3.63, 3.8) is 0 Å². The van der Waals surface area contributed by atoms with Crippen molar-refractivity contribution in [1.29, 1.82) is 0 Å². The Morgan fingerprint density at radius 2 is 1.82 bits per heavy atom. The molecule has 0 aromatic heterocycles. The van der Waals surface area contributed by atoms with Crippen molar-refractivity contribution in [1.82, 2.24) is 10.2 Å². The molecule has 2 heteroatoms. The third-order valence-electron chi connectivity index (χ3n) is 3.27. The summed E-state index contributed by atoms with van der Waals surface area (Å²) >= 11 is 0. The van der Waals surface area contributed by atoms with E-state index in [0.29, 0.717) is 12.1 Å². The van der Waals surface area contributed by atoms with Gasteiger partial charge < -0.3 is 10.2 Å². The van der Waals surface area contributed by atoms with Gasteiger partial charge in [-0.1, -0.05) is 20.4 Å². The lowest BCUT2D eigenvalue weighted by molar-refractivity contribution is 0.161. The number of nitrogens with zero attached hydrogens (tertiary/aromatic N) is 1. The van der Waals surface area contributed by atoms with Crippen LogP contribution in [0, 0.1) is 5.92 Å². The molecule has 0 aliphatic carbocycles. The Balaban J connectivity index is 4.06. The summed E-state index contributed by atoms with van der Waals surface area (Å²) in [6, 6.07) is 1.34. The second-order valence-corrected chi connectivity index (χ2v) is 5.89. The van der Waals surface area contributed by atoms with Gasteiger partial charge in [-0.15, -0.1) is 0 Å². The van der Waals surface area contributed by atoms with E-state index in [-0.39, 0.29) is 0 Å². The largest absolute Gasteiger partial charge is 0.389 e. The van der Waals surface area contributed by atoms with Crippen molar-refractivity contribution >= 4 is 0 Å². The summed E-state index contributed by atoms with van der Waals surface area (Å²) in [6.45, 7) is 16.1. The smallest absolute Gasteiger partial charge is 0.0144 e. The molecule has 1 N–H and O–H groups in total. The molecule has 0 aromatic carbocycles. The van der Waals surface area contributed by atoms with Crippen LogP contribution in [-0.4, -0.2) is 30.6 Å². The van der Waals surface area contributed by atoms with Gasteiger partial charge in [-0.05, 0) is 53.0 Å². The van der Waals surface area contributed by atoms with E-state index in [1.807, 2.05) is 6.92 Å². The number of allylic oxidation sites excluding steroid dienone is 1. The van der Waals surface area contributed by atoms with Crippen LogP contribution in [0.4, 0.5) is 0 Å². The van der Waals surface area contributed by atoms with Crippen molar-refractivity contribution in [2.75, 3.05) is 13.6 Å². The topological polar surface area (TPSA) is 15.3 Å². The third kappa shape index (κ3) is 8.25. The highest BCUT2D eigenvalue weighted by Crippen LogP contribution is 2.17. The van der Waals surface area contributed by atoms with E-state index in [1.165, 1.54) is 19.3 Å². The third-order valence-corrected chi connectivity index (χ3v) is 3.27. The van der Waals surface area contributed by atoms with Gasteiger partial charge in [0, 0.05) is 24.3 Å². The molecule has 0 spiro atoms. The molecule has 0 unspecified atom stereocenters. The van der Waals surface area contributed by atoms with Crippen LogP contribution in [0.1, 0.15) is 53.9 Å². The summed E-state index contributed by atoms with van der Waals surface area (Å²) in [6.07, 6.45) is 3.79. The standard InChI is InChI=1S/C15H32N2/c1-12(2)11-15(17(7)14(5)6)9-8-10-16-13(3)4/h12,14-16H,3,8-11H2,1-2,4-7H3/t15-/m0/s1. The molecule has 0 heterocycles. The van der Waals surface area contributed by atoms with Gasteiger partial charge in [-0.25, -0.2) is 0 Å². The molecule has 17 heavy (non-hydrogen) atoms. The zero-order valence-electron chi connectivity index (χ0n) is 12.7. The second-order valence-electron chi connectivity index (χ2n) is 5.89. The molecule has 0 aliphatic rings. The van der Waals surface area contributed by atoms with E-state index < -0.39 is 0 Å². The van der Waals surface area contributed by atoms with Gasteiger partial charge in [0.1, 0.15) is 0 Å². The van der Waals surface area contributed by atoms with Gasteiger partial charge >= 0.3 is 0 Å². The zero-order valence-corrected chi connectivity index (χ0v) is 12.7. The van der Waals surface area contributed by atoms with Crippen molar-refractivity contribution in [2.24, 2.45) is 5.92 Å². The van der Waals surface area contributed by atoms with Gasteiger partial charge in [0.15, 0.2) is 0 Å². The van der Waals surface area contributed by atoms with E-state index in [2.05, 4.69) is 51.5 Å². The average Bonchev–Trinajstić information content (AvgIpc) is 2.20. The molecule has 0 amide bonds. The van der Waals surface area contributed by atoms with Crippen molar-refractivity contribution in [2.45, 2.75) is 66.0 Å². The predicted octanol–water partition coefficient (Wildman–Crippen LogP) is 3.64. The van der Waals surface area contributed by atoms with Gasteiger partial charge in [0.05, 0.1) is 0 Å². The number of rotatable bonds is 9. The summed E-state index contributed by atoms with van der Waals surface area (Å²) in [5.74, 6) is 0.773. The van der Waals surface area contributed by atoms with Gasteiger partial charge in [0.25, 0.3) is 0 Å². The zero-order chi connectivity index (χ0) is 13.4. The molecule has 0 saturated carbocycles. The Morgan fingerprint density at radius 1 is 1.24 bits per heavy atom. The fourth-order valence-corrected chi connectivity index (χ4v) is 2.09. The van der Waals surface area contributed by atoms with Crippen LogP contribution in [-0.2, 0) is 0 Å². The molecule has 102 valence electrons. The lowest BCUT2D eigenvalue weighted by Crippen LogP contribution is -2.38. The summed E-state index contributed by atoms with van der Waals surface area (Å²) < 4.78 is 0. The van der Waals surface area contributed by atoms with Crippen LogP contribution in [0.15, 0.2) is 12.3 Å². The minimum atomic E-state index is 0.632. The molecule has 0 rings (SSSR count). The minimum absolute atomic E-state index is 0.632. The first-order chi connectivity index (χ1) is 7.84.